The zero-order chi connectivity index (χ0) is 28.1. The van der Waals surface area contributed by atoms with Gasteiger partial charge in [0.1, 0.15) is 0 Å². The highest BCUT2D eigenvalue weighted by Gasteiger charge is 2.22. The number of piperazine rings is 1. The molecule has 6 heteroatoms. The molecular formula is C33H42N3O2P. The fraction of sp³-hybridized carbons (Fsp3) is 0.333. The van der Waals surface area contributed by atoms with Crippen LogP contribution in [-0.2, 0) is 4.84 Å². The first-order valence-corrected chi connectivity index (χ1v) is 14.3. The molecule has 0 bridgehead atoms. The van der Waals surface area contributed by atoms with Gasteiger partial charge in [-0.15, -0.1) is 9.24 Å². The minimum Gasteiger partial charge on any atom is -0.380 e. The van der Waals surface area contributed by atoms with E-state index in [9.17, 15) is 5.21 Å². The van der Waals surface area contributed by atoms with Crippen LogP contribution in [0.4, 0.5) is 11.4 Å². The van der Waals surface area contributed by atoms with Crippen molar-refractivity contribution >= 4 is 37.1 Å². The molecule has 1 heterocycles. The lowest BCUT2D eigenvalue weighted by molar-refractivity contribution is -0.297. The lowest BCUT2D eigenvalue weighted by Gasteiger charge is -2.37. The van der Waals surface area contributed by atoms with E-state index >= 15 is 0 Å². The van der Waals surface area contributed by atoms with Gasteiger partial charge in [0.05, 0.1) is 7.05 Å². The minimum atomic E-state index is 0.686. The average Bonchev–Trinajstić information content (AvgIpc) is 2.92. The maximum Gasteiger partial charge on any atom is 0.157 e. The highest BCUT2D eigenvalue weighted by molar-refractivity contribution is 7.27. The molecular weight excluding hydrogens is 501 g/mol. The van der Waals surface area contributed by atoms with Gasteiger partial charge >= 0.3 is 0 Å². The first-order valence-electron chi connectivity index (χ1n) is 13.7. The Morgan fingerprint density at radius 3 is 1.90 bits per heavy atom. The fourth-order valence-electron chi connectivity index (χ4n) is 5.04. The van der Waals surface area contributed by atoms with Crippen molar-refractivity contribution in [2.45, 2.75) is 41.0 Å². The van der Waals surface area contributed by atoms with Gasteiger partial charge in [-0.25, -0.2) is 0 Å². The first kappa shape index (κ1) is 28.9. The Morgan fingerprint density at radius 1 is 0.821 bits per heavy atom. The third kappa shape index (κ3) is 7.10. The highest BCUT2D eigenvalue weighted by Crippen LogP contribution is 2.37. The van der Waals surface area contributed by atoms with Crippen molar-refractivity contribution in [3.05, 3.63) is 100 Å². The number of anilines is 2. The average molecular weight is 544 g/mol. The summed E-state index contributed by atoms with van der Waals surface area (Å²) in [7, 11) is 4.39. The Kier molecular flexibility index (Phi) is 9.50. The van der Waals surface area contributed by atoms with E-state index in [4.69, 9.17) is 4.84 Å². The predicted molar refractivity (Wildman–Crippen MR) is 169 cm³/mol. The number of hydroxylamine groups is 2. The van der Waals surface area contributed by atoms with Gasteiger partial charge in [-0.2, -0.15) is 0 Å². The van der Waals surface area contributed by atoms with Crippen molar-refractivity contribution in [3.63, 3.8) is 0 Å². The van der Waals surface area contributed by atoms with E-state index in [0.29, 0.717) is 5.76 Å². The van der Waals surface area contributed by atoms with Gasteiger partial charge in [-0.1, -0.05) is 54.4 Å². The van der Waals surface area contributed by atoms with Gasteiger partial charge in [0.25, 0.3) is 0 Å². The second kappa shape index (κ2) is 12.8. The Labute approximate surface area is 236 Å². The van der Waals surface area contributed by atoms with Crippen LogP contribution in [-0.4, -0.2) is 43.7 Å². The lowest BCUT2D eigenvalue weighted by atomic mass is 9.91. The molecule has 0 radical (unpaired) electrons. The van der Waals surface area contributed by atoms with Gasteiger partial charge in [0, 0.05) is 43.1 Å². The predicted octanol–water partition coefficient (Wildman–Crippen LogP) is 7.00. The van der Waals surface area contributed by atoms with E-state index in [2.05, 4.69) is 120 Å². The van der Waals surface area contributed by atoms with Gasteiger partial charge in [-0.05, 0) is 97.3 Å². The smallest absolute Gasteiger partial charge is 0.157 e. The molecule has 39 heavy (non-hydrogen) atoms. The van der Waals surface area contributed by atoms with E-state index in [1.54, 1.807) is 0 Å². The number of rotatable bonds is 8. The maximum absolute atomic E-state index is 10.1. The SMILES string of the molecule is CC/C(C)=C(ON(C)O)\C(=C(/C)c1ccc(C)cc1)c1cc(P)cc(N2CCN(c3ccc(C)cc3)CC2)c1. The second-order valence-electron chi connectivity index (χ2n) is 10.5. The van der Waals surface area contributed by atoms with Crippen LogP contribution in [0.5, 0.6) is 0 Å². The van der Waals surface area contributed by atoms with E-state index in [1.165, 1.54) is 29.5 Å². The molecule has 0 amide bonds. The van der Waals surface area contributed by atoms with Crippen molar-refractivity contribution in [2.75, 3.05) is 43.0 Å². The van der Waals surface area contributed by atoms with Crippen LogP contribution < -0.4 is 15.1 Å². The summed E-state index contributed by atoms with van der Waals surface area (Å²) in [6.45, 7) is 14.4. The number of aryl methyl sites for hydroxylation is 2. The molecule has 5 nitrogen and oxygen atoms in total. The van der Waals surface area contributed by atoms with Crippen molar-refractivity contribution < 1.29 is 10.0 Å². The van der Waals surface area contributed by atoms with E-state index < -0.39 is 0 Å². The summed E-state index contributed by atoms with van der Waals surface area (Å²) in [6.07, 6.45) is 0.808. The molecule has 1 atom stereocenters. The van der Waals surface area contributed by atoms with Gasteiger partial charge in [0.2, 0.25) is 0 Å². The summed E-state index contributed by atoms with van der Waals surface area (Å²) >= 11 is 0. The zero-order valence-electron chi connectivity index (χ0n) is 24.2. The Morgan fingerprint density at radius 2 is 1.36 bits per heavy atom. The summed E-state index contributed by atoms with van der Waals surface area (Å²) in [5.41, 5.74) is 10.3. The molecule has 1 fully saturated rings. The van der Waals surface area contributed by atoms with Gasteiger partial charge in [0.15, 0.2) is 5.76 Å². The zero-order valence-corrected chi connectivity index (χ0v) is 25.3. The summed E-state index contributed by atoms with van der Waals surface area (Å²) in [5.74, 6) is 0.686. The van der Waals surface area contributed by atoms with E-state index in [0.717, 1.165) is 71.0 Å². The van der Waals surface area contributed by atoms with Crippen LogP contribution in [0.15, 0.2) is 78.1 Å². The second-order valence-corrected chi connectivity index (χ2v) is 11.2. The van der Waals surface area contributed by atoms with Crippen molar-refractivity contribution in [2.24, 2.45) is 0 Å². The molecule has 1 saturated heterocycles. The van der Waals surface area contributed by atoms with Crippen molar-refractivity contribution in [1.29, 1.82) is 0 Å². The maximum atomic E-state index is 10.1. The van der Waals surface area contributed by atoms with Crippen LogP contribution >= 0.6 is 9.24 Å². The van der Waals surface area contributed by atoms with Crippen molar-refractivity contribution in [3.8, 4) is 0 Å². The number of allylic oxidation sites excluding steroid dienone is 3. The molecule has 1 aliphatic rings. The summed E-state index contributed by atoms with van der Waals surface area (Å²) < 4.78 is 0. The number of hydrogen-bond donors (Lipinski definition) is 1. The monoisotopic (exact) mass is 543 g/mol. The summed E-state index contributed by atoms with van der Waals surface area (Å²) in [4.78, 5) is 10.9. The van der Waals surface area contributed by atoms with Crippen LogP contribution in [0, 0.1) is 13.8 Å². The summed E-state index contributed by atoms with van der Waals surface area (Å²) in [6, 6.07) is 24.1. The minimum absolute atomic E-state index is 0.686. The standard InChI is InChI=1S/C33H42N3O2P/c1-7-25(4)33(38-34(6)37)32(26(5)27-12-8-23(2)9-13-27)28-20-30(22-31(39)21-28)36-18-16-35(17-19-36)29-14-10-24(3)11-15-29/h8-15,20-22,37H,7,16-19,39H2,1-6H3/b32-26+,33-25+. The quantitative estimate of drug-likeness (QED) is 0.109. The third-order valence-electron chi connectivity index (χ3n) is 7.50. The number of hydrogen-bond acceptors (Lipinski definition) is 5. The Hall–Kier alpha value is -3.11. The summed E-state index contributed by atoms with van der Waals surface area (Å²) in [5, 5.41) is 12.0. The molecule has 1 aliphatic heterocycles. The molecule has 206 valence electrons. The van der Waals surface area contributed by atoms with E-state index in [-0.39, 0.29) is 0 Å². The number of nitrogens with zero attached hydrogens (tertiary/aromatic N) is 3. The van der Waals surface area contributed by atoms with Crippen LogP contribution in [0.25, 0.3) is 11.1 Å². The molecule has 1 N–H and O–H groups in total. The lowest BCUT2D eigenvalue weighted by Crippen LogP contribution is -2.46. The largest absolute Gasteiger partial charge is 0.380 e. The Balaban J connectivity index is 1.74. The fourth-order valence-corrected chi connectivity index (χ4v) is 5.39. The molecule has 0 spiro atoms. The normalized spacial score (nSPS) is 15.3. The van der Waals surface area contributed by atoms with Gasteiger partial charge < -0.3 is 14.6 Å². The van der Waals surface area contributed by atoms with E-state index in [1.807, 2.05) is 0 Å². The first-order chi connectivity index (χ1) is 18.7. The third-order valence-corrected chi connectivity index (χ3v) is 7.83. The molecule has 0 aliphatic carbocycles. The van der Waals surface area contributed by atoms with Crippen molar-refractivity contribution in [1.82, 2.24) is 5.23 Å². The van der Waals surface area contributed by atoms with Crippen LogP contribution in [0.3, 0.4) is 0 Å². The molecule has 4 rings (SSSR count). The molecule has 1 unspecified atom stereocenters. The number of benzene rings is 3. The molecule has 0 aromatic heterocycles. The topological polar surface area (TPSA) is 39.2 Å². The van der Waals surface area contributed by atoms with Crippen LogP contribution in [0.2, 0.25) is 0 Å². The Bertz CT molecular complexity index is 1340. The molecule has 0 saturated carbocycles. The molecule has 3 aromatic carbocycles. The van der Waals surface area contributed by atoms with Gasteiger partial charge in [-0.3, -0.25) is 5.21 Å². The van der Waals surface area contributed by atoms with Crippen LogP contribution in [0.1, 0.15) is 49.4 Å². The highest BCUT2D eigenvalue weighted by atomic mass is 31.0. The molecule has 3 aromatic rings.